The second-order valence-electron chi connectivity index (χ2n) is 7.50. The van der Waals surface area contributed by atoms with E-state index in [2.05, 4.69) is 17.5 Å². The maximum absolute atomic E-state index is 12.6. The van der Waals surface area contributed by atoms with E-state index in [0.29, 0.717) is 0 Å². The number of nitrogens with one attached hydrogen (secondary N) is 1. The van der Waals surface area contributed by atoms with Gasteiger partial charge in [-0.25, -0.2) is 0 Å². The Balaban J connectivity index is 1.38. The summed E-state index contributed by atoms with van der Waals surface area (Å²) in [4.78, 5) is 38.7. The predicted octanol–water partition coefficient (Wildman–Crippen LogP) is 2.44. The maximum atomic E-state index is 12.6. The van der Waals surface area contributed by atoms with Gasteiger partial charge in [0.1, 0.15) is 0 Å². The summed E-state index contributed by atoms with van der Waals surface area (Å²) in [6.07, 6.45) is 5.21. The number of benzene rings is 1. The van der Waals surface area contributed by atoms with Gasteiger partial charge in [-0.3, -0.25) is 19.3 Å². The Labute approximate surface area is 147 Å². The zero-order valence-electron chi connectivity index (χ0n) is 14.5. The lowest BCUT2D eigenvalue weighted by atomic mass is 9.85. The number of aryl methyl sites for hydroxylation is 2. The Bertz CT molecular complexity index is 748. The van der Waals surface area contributed by atoms with Gasteiger partial charge in [0.25, 0.3) is 0 Å². The van der Waals surface area contributed by atoms with E-state index in [0.717, 1.165) is 23.2 Å². The molecule has 1 saturated heterocycles. The minimum Gasteiger partial charge on any atom is -0.326 e. The zero-order valence-corrected chi connectivity index (χ0v) is 14.5. The van der Waals surface area contributed by atoms with Crippen LogP contribution in [0, 0.1) is 37.5 Å². The van der Waals surface area contributed by atoms with Crippen LogP contribution in [0.15, 0.2) is 30.4 Å². The monoisotopic (exact) mass is 338 g/mol. The Hall–Kier alpha value is -2.43. The minimum absolute atomic E-state index is 0.0916. The fourth-order valence-electron chi connectivity index (χ4n) is 4.67. The summed E-state index contributed by atoms with van der Waals surface area (Å²) in [6, 6.07) is 5.86. The van der Waals surface area contributed by atoms with Gasteiger partial charge >= 0.3 is 0 Å². The molecule has 0 radical (unpaired) electrons. The van der Waals surface area contributed by atoms with Gasteiger partial charge in [0.2, 0.25) is 17.7 Å². The van der Waals surface area contributed by atoms with Crippen molar-refractivity contribution in [3.63, 3.8) is 0 Å². The van der Waals surface area contributed by atoms with Crippen molar-refractivity contribution in [2.75, 3.05) is 11.9 Å². The Kier molecular flexibility index (Phi) is 3.74. The lowest BCUT2D eigenvalue weighted by molar-refractivity contribution is -0.140. The smallest absolute Gasteiger partial charge is 0.233 e. The summed E-state index contributed by atoms with van der Waals surface area (Å²) in [5.74, 6) is -0.322. The van der Waals surface area contributed by atoms with Crippen LogP contribution in [0.5, 0.6) is 0 Å². The molecule has 5 heteroatoms. The minimum atomic E-state index is -0.190. The molecule has 2 fully saturated rings. The van der Waals surface area contributed by atoms with Crippen molar-refractivity contribution in [2.45, 2.75) is 26.7 Å². The van der Waals surface area contributed by atoms with E-state index in [4.69, 9.17) is 0 Å². The summed E-state index contributed by atoms with van der Waals surface area (Å²) >= 11 is 0. The quantitative estimate of drug-likeness (QED) is 0.677. The lowest BCUT2D eigenvalue weighted by Crippen LogP contribution is -2.35. The number of amides is 3. The van der Waals surface area contributed by atoms with Gasteiger partial charge in [0.15, 0.2) is 0 Å². The van der Waals surface area contributed by atoms with Crippen molar-refractivity contribution in [2.24, 2.45) is 23.7 Å². The number of hydrogen-bond acceptors (Lipinski definition) is 3. The van der Waals surface area contributed by atoms with Crippen molar-refractivity contribution in [3.8, 4) is 0 Å². The van der Waals surface area contributed by atoms with Crippen LogP contribution in [0.25, 0.3) is 0 Å². The molecular weight excluding hydrogens is 316 g/mol. The number of hydrogen-bond donors (Lipinski definition) is 1. The molecule has 1 saturated carbocycles. The average Bonchev–Trinajstić information content (AvgIpc) is 3.19. The SMILES string of the molecule is Cc1cc(C)cc(NC(=O)CCN2C(=O)[C@@H]3[C@@H](C2=O)[C@H]2C=C[C@@H]3C2)c1. The lowest BCUT2D eigenvalue weighted by Gasteiger charge is -2.17. The first-order valence-corrected chi connectivity index (χ1v) is 8.86. The van der Waals surface area contributed by atoms with Crippen LogP contribution in [0.4, 0.5) is 5.69 Å². The molecule has 0 aromatic heterocycles. The molecule has 1 aliphatic heterocycles. The average molecular weight is 338 g/mol. The van der Waals surface area contributed by atoms with E-state index in [1.165, 1.54) is 4.90 Å². The largest absolute Gasteiger partial charge is 0.326 e. The molecule has 4 rings (SSSR count). The van der Waals surface area contributed by atoms with Gasteiger partial charge in [-0.2, -0.15) is 0 Å². The predicted molar refractivity (Wildman–Crippen MR) is 93.6 cm³/mol. The van der Waals surface area contributed by atoms with Crippen LogP contribution in [0.1, 0.15) is 24.0 Å². The molecule has 1 aromatic rings. The number of fused-ring (bicyclic) bond motifs is 5. The zero-order chi connectivity index (χ0) is 17.7. The summed E-state index contributed by atoms with van der Waals surface area (Å²) in [6.45, 7) is 4.12. The number of likely N-dealkylation sites (tertiary alicyclic amines) is 1. The van der Waals surface area contributed by atoms with Crippen molar-refractivity contribution < 1.29 is 14.4 Å². The van der Waals surface area contributed by atoms with Crippen LogP contribution in [0.3, 0.4) is 0 Å². The maximum Gasteiger partial charge on any atom is 0.233 e. The van der Waals surface area contributed by atoms with Crippen LogP contribution in [0.2, 0.25) is 0 Å². The molecule has 1 heterocycles. The first-order chi connectivity index (χ1) is 11.9. The van der Waals surface area contributed by atoms with Gasteiger partial charge < -0.3 is 5.32 Å². The third-order valence-corrected chi connectivity index (χ3v) is 5.63. The number of nitrogens with zero attached hydrogens (tertiary/aromatic N) is 1. The third kappa shape index (κ3) is 2.68. The van der Waals surface area contributed by atoms with E-state index >= 15 is 0 Å². The van der Waals surface area contributed by atoms with Crippen LogP contribution < -0.4 is 5.32 Å². The normalized spacial score (nSPS) is 29.4. The van der Waals surface area contributed by atoms with E-state index in [1.54, 1.807) is 0 Å². The molecule has 1 N–H and O–H groups in total. The molecular formula is C20H22N2O3. The van der Waals surface area contributed by atoms with E-state index in [1.807, 2.05) is 32.0 Å². The fourth-order valence-corrected chi connectivity index (χ4v) is 4.67. The van der Waals surface area contributed by atoms with E-state index in [9.17, 15) is 14.4 Å². The van der Waals surface area contributed by atoms with Crippen molar-refractivity contribution >= 4 is 23.4 Å². The highest BCUT2D eigenvalue weighted by atomic mass is 16.2. The molecule has 4 atom stereocenters. The molecule has 5 nitrogen and oxygen atoms in total. The topological polar surface area (TPSA) is 66.5 Å². The Morgan fingerprint density at radius 3 is 2.16 bits per heavy atom. The van der Waals surface area contributed by atoms with Gasteiger partial charge in [-0.05, 0) is 55.4 Å². The number of imide groups is 1. The molecule has 3 aliphatic rings. The number of carbonyl (C=O) groups excluding carboxylic acids is 3. The standard InChI is InChI=1S/C20H22N2O3/c1-11-7-12(2)9-15(8-11)21-16(23)5-6-22-19(24)17-13-3-4-14(10-13)18(17)20(22)25/h3-4,7-9,13-14,17-18H,5-6,10H2,1-2H3,(H,21,23)/t13-,14+,17-,18-/m0/s1. The van der Waals surface area contributed by atoms with Gasteiger partial charge in [0.05, 0.1) is 11.8 Å². The molecule has 0 spiro atoms. The Morgan fingerprint density at radius 2 is 1.60 bits per heavy atom. The van der Waals surface area contributed by atoms with Crippen LogP contribution in [-0.4, -0.2) is 29.2 Å². The van der Waals surface area contributed by atoms with Crippen molar-refractivity contribution in [1.29, 1.82) is 0 Å². The van der Waals surface area contributed by atoms with Crippen LogP contribution >= 0.6 is 0 Å². The molecule has 0 unspecified atom stereocenters. The van der Waals surface area contributed by atoms with E-state index < -0.39 is 0 Å². The number of rotatable bonds is 4. The number of carbonyl (C=O) groups is 3. The summed E-state index contributed by atoms with van der Waals surface area (Å²) in [5, 5.41) is 2.86. The Morgan fingerprint density at radius 1 is 1.04 bits per heavy atom. The first-order valence-electron chi connectivity index (χ1n) is 8.86. The molecule has 1 aromatic carbocycles. The summed E-state index contributed by atoms with van der Waals surface area (Å²) in [5.41, 5.74) is 2.91. The number of allylic oxidation sites excluding steroid dienone is 2. The van der Waals surface area contributed by atoms with Gasteiger partial charge in [-0.1, -0.05) is 18.2 Å². The van der Waals surface area contributed by atoms with E-state index in [-0.39, 0.29) is 54.4 Å². The molecule has 130 valence electrons. The van der Waals surface area contributed by atoms with Gasteiger partial charge in [0, 0.05) is 18.7 Å². The molecule has 2 bridgehead atoms. The van der Waals surface area contributed by atoms with Crippen molar-refractivity contribution in [1.82, 2.24) is 4.90 Å². The van der Waals surface area contributed by atoms with Gasteiger partial charge in [-0.15, -0.1) is 0 Å². The first kappa shape index (κ1) is 16.1. The molecule has 3 amide bonds. The third-order valence-electron chi connectivity index (χ3n) is 5.63. The highest BCUT2D eigenvalue weighted by molar-refractivity contribution is 6.06. The van der Waals surface area contributed by atoms with Crippen LogP contribution in [-0.2, 0) is 14.4 Å². The second-order valence-corrected chi connectivity index (χ2v) is 7.50. The molecule has 2 aliphatic carbocycles. The number of anilines is 1. The summed E-state index contributed by atoms with van der Waals surface area (Å²) in [7, 11) is 0. The fraction of sp³-hybridized carbons (Fsp3) is 0.450. The molecule has 25 heavy (non-hydrogen) atoms. The highest BCUT2D eigenvalue weighted by Gasteiger charge is 2.58. The van der Waals surface area contributed by atoms with Crippen molar-refractivity contribution in [3.05, 3.63) is 41.5 Å². The highest BCUT2D eigenvalue weighted by Crippen LogP contribution is 2.52. The summed E-state index contributed by atoms with van der Waals surface area (Å²) < 4.78 is 0. The second kappa shape index (κ2) is 5.83.